The lowest BCUT2D eigenvalue weighted by Gasteiger charge is -2.12. The van der Waals surface area contributed by atoms with Gasteiger partial charge in [-0.1, -0.05) is 121 Å². The zero-order valence-electron chi connectivity index (χ0n) is 25.5. The first-order valence-corrected chi connectivity index (χ1v) is 15.8. The summed E-state index contributed by atoms with van der Waals surface area (Å²) in [6.45, 7) is 0. The molecule has 4 nitrogen and oxygen atoms in total. The van der Waals surface area contributed by atoms with Gasteiger partial charge in [-0.15, -0.1) is 0 Å². The molecule has 0 radical (unpaired) electrons. The van der Waals surface area contributed by atoms with Crippen LogP contribution in [0.25, 0.3) is 83.6 Å². The topological polar surface area (TPSA) is 43.6 Å². The molecule has 9 aromatic rings. The average Bonchev–Trinajstić information content (AvgIpc) is 3.47. The number of pyridine rings is 1. The molecule has 0 unspecified atom stereocenters. The highest BCUT2D eigenvalue weighted by molar-refractivity contribution is 6.07. The first-order valence-electron chi connectivity index (χ1n) is 15.8. The second-order valence-electron chi connectivity index (χ2n) is 11.7. The molecule has 9 rings (SSSR count). The van der Waals surface area contributed by atoms with Gasteiger partial charge in [-0.3, -0.25) is 4.57 Å². The molecule has 4 heteroatoms. The molecule has 0 amide bonds. The summed E-state index contributed by atoms with van der Waals surface area (Å²) in [6.07, 6.45) is 0. The van der Waals surface area contributed by atoms with Gasteiger partial charge in [-0.2, -0.15) is 0 Å². The number of rotatable bonds is 5. The van der Waals surface area contributed by atoms with Gasteiger partial charge in [-0.25, -0.2) is 15.0 Å². The van der Waals surface area contributed by atoms with Crippen molar-refractivity contribution in [1.82, 2.24) is 19.5 Å². The van der Waals surface area contributed by atoms with Crippen LogP contribution in [0, 0.1) is 0 Å². The van der Waals surface area contributed by atoms with Crippen molar-refractivity contribution in [3.05, 3.63) is 170 Å². The first-order chi connectivity index (χ1) is 23.3. The van der Waals surface area contributed by atoms with Gasteiger partial charge in [0, 0.05) is 10.9 Å². The SMILES string of the molecule is c1ccc(-c2cc(-c3ccccc3)cc(-c3ccc4nc5c(nc4c3)c3ccccc3n5-c3cccc(-c4ccccc4)n3)c2)cc1. The molecule has 0 saturated heterocycles. The Morgan fingerprint density at radius 2 is 0.957 bits per heavy atom. The van der Waals surface area contributed by atoms with E-state index in [1.165, 1.54) is 22.3 Å². The highest BCUT2D eigenvalue weighted by Crippen LogP contribution is 2.35. The first kappa shape index (κ1) is 27.0. The van der Waals surface area contributed by atoms with Crippen molar-refractivity contribution in [2.24, 2.45) is 0 Å². The molecule has 0 saturated carbocycles. The van der Waals surface area contributed by atoms with Crippen LogP contribution in [-0.4, -0.2) is 19.5 Å². The predicted octanol–water partition coefficient (Wildman–Crippen LogP) is 10.8. The smallest absolute Gasteiger partial charge is 0.166 e. The fourth-order valence-corrected chi connectivity index (χ4v) is 6.48. The van der Waals surface area contributed by atoms with Crippen molar-refractivity contribution in [2.45, 2.75) is 0 Å². The number of para-hydroxylation sites is 1. The summed E-state index contributed by atoms with van der Waals surface area (Å²) in [5, 5.41) is 1.05. The highest BCUT2D eigenvalue weighted by Gasteiger charge is 2.18. The molecule has 0 atom stereocenters. The van der Waals surface area contributed by atoms with E-state index in [1.54, 1.807) is 0 Å². The molecule has 0 spiro atoms. The Labute approximate surface area is 272 Å². The number of fused-ring (bicyclic) bond motifs is 4. The number of benzene rings is 6. The second-order valence-corrected chi connectivity index (χ2v) is 11.7. The van der Waals surface area contributed by atoms with Gasteiger partial charge in [0.2, 0.25) is 0 Å². The van der Waals surface area contributed by atoms with E-state index in [1.807, 2.05) is 30.3 Å². The van der Waals surface area contributed by atoms with Crippen LogP contribution in [0.4, 0.5) is 0 Å². The molecule has 47 heavy (non-hydrogen) atoms. The average molecular weight is 601 g/mol. The molecule has 220 valence electrons. The molecule has 3 aromatic heterocycles. The van der Waals surface area contributed by atoms with Gasteiger partial charge in [0.25, 0.3) is 0 Å². The molecular formula is C43H28N4. The normalized spacial score (nSPS) is 11.4. The van der Waals surface area contributed by atoms with Crippen LogP contribution in [0.5, 0.6) is 0 Å². The maximum absolute atomic E-state index is 5.27. The standard InChI is InChI=1S/C43H28N4/c1-4-13-29(14-5-1)33-25-34(30-15-6-2-7-16-30)27-35(26-33)32-23-24-38-39(28-32)45-42-36-19-10-11-21-40(36)47(43(42)46-38)41-22-12-20-37(44-41)31-17-8-3-9-18-31/h1-28H. The molecule has 6 aromatic carbocycles. The molecule has 0 aliphatic rings. The number of hydrogen-bond acceptors (Lipinski definition) is 3. The van der Waals surface area contributed by atoms with E-state index in [0.717, 1.165) is 61.3 Å². The summed E-state index contributed by atoms with van der Waals surface area (Å²) in [6, 6.07) is 59.1. The van der Waals surface area contributed by atoms with E-state index < -0.39 is 0 Å². The Balaban J connectivity index is 1.22. The summed E-state index contributed by atoms with van der Waals surface area (Å²) in [5.41, 5.74) is 13.3. The summed E-state index contributed by atoms with van der Waals surface area (Å²) in [7, 11) is 0. The third-order valence-electron chi connectivity index (χ3n) is 8.77. The Morgan fingerprint density at radius 3 is 1.64 bits per heavy atom. The molecule has 0 bridgehead atoms. The van der Waals surface area contributed by atoms with Gasteiger partial charge in [0.05, 0.1) is 22.2 Å². The number of aromatic nitrogens is 4. The fourth-order valence-electron chi connectivity index (χ4n) is 6.48. The molecule has 0 N–H and O–H groups in total. The maximum atomic E-state index is 5.27. The lowest BCUT2D eigenvalue weighted by atomic mass is 9.93. The van der Waals surface area contributed by atoms with Gasteiger partial charge in [0.1, 0.15) is 11.3 Å². The predicted molar refractivity (Wildman–Crippen MR) is 193 cm³/mol. The molecular weight excluding hydrogens is 573 g/mol. The quantitative estimate of drug-likeness (QED) is 0.197. The van der Waals surface area contributed by atoms with E-state index in [9.17, 15) is 0 Å². The Kier molecular flexibility index (Phi) is 6.43. The van der Waals surface area contributed by atoms with Crippen LogP contribution in [0.3, 0.4) is 0 Å². The third kappa shape index (κ3) is 4.84. The maximum Gasteiger partial charge on any atom is 0.166 e. The summed E-state index contributed by atoms with van der Waals surface area (Å²) in [4.78, 5) is 15.6. The van der Waals surface area contributed by atoms with E-state index in [-0.39, 0.29) is 0 Å². The van der Waals surface area contributed by atoms with Crippen molar-refractivity contribution >= 4 is 33.1 Å². The lowest BCUT2D eigenvalue weighted by Crippen LogP contribution is -2.00. The molecule has 0 fully saturated rings. The van der Waals surface area contributed by atoms with Gasteiger partial charge >= 0.3 is 0 Å². The minimum absolute atomic E-state index is 0.793. The summed E-state index contributed by atoms with van der Waals surface area (Å²) >= 11 is 0. The zero-order valence-corrected chi connectivity index (χ0v) is 25.5. The number of nitrogens with zero attached hydrogens (tertiary/aromatic N) is 4. The molecule has 0 aliphatic carbocycles. The van der Waals surface area contributed by atoms with Crippen LogP contribution in [0.1, 0.15) is 0 Å². The van der Waals surface area contributed by atoms with E-state index >= 15 is 0 Å². The van der Waals surface area contributed by atoms with Gasteiger partial charge in [0.15, 0.2) is 5.65 Å². The third-order valence-corrected chi connectivity index (χ3v) is 8.77. The van der Waals surface area contributed by atoms with Gasteiger partial charge < -0.3 is 0 Å². The van der Waals surface area contributed by atoms with Crippen LogP contribution in [0.15, 0.2) is 170 Å². The molecule has 3 heterocycles. The zero-order chi connectivity index (χ0) is 31.2. The minimum Gasteiger partial charge on any atom is -0.276 e. The van der Waals surface area contributed by atoms with E-state index in [0.29, 0.717) is 0 Å². The fraction of sp³-hybridized carbons (Fsp3) is 0. The van der Waals surface area contributed by atoms with Crippen LogP contribution in [-0.2, 0) is 0 Å². The van der Waals surface area contributed by atoms with E-state index in [2.05, 4.69) is 144 Å². The highest BCUT2D eigenvalue weighted by atomic mass is 15.1. The van der Waals surface area contributed by atoms with Crippen molar-refractivity contribution in [1.29, 1.82) is 0 Å². The van der Waals surface area contributed by atoms with E-state index in [4.69, 9.17) is 15.0 Å². The van der Waals surface area contributed by atoms with Crippen molar-refractivity contribution in [2.75, 3.05) is 0 Å². The number of hydrogen-bond donors (Lipinski definition) is 0. The van der Waals surface area contributed by atoms with Crippen LogP contribution >= 0.6 is 0 Å². The largest absolute Gasteiger partial charge is 0.276 e. The minimum atomic E-state index is 0.793. The van der Waals surface area contributed by atoms with Crippen molar-refractivity contribution < 1.29 is 0 Å². The lowest BCUT2D eigenvalue weighted by molar-refractivity contribution is 1.06. The van der Waals surface area contributed by atoms with Crippen molar-refractivity contribution in [3.8, 4) is 50.5 Å². The van der Waals surface area contributed by atoms with Crippen LogP contribution in [0.2, 0.25) is 0 Å². The summed E-state index contributed by atoms with van der Waals surface area (Å²) in [5.74, 6) is 0.814. The van der Waals surface area contributed by atoms with Gasteiger partial charge in [-0.05, 0) is 81.9 Å². The van der Waals surface area contributed by atoms with Crippen LogP contribution < -0.4 is 0 Å². The molecule has 0 aliphatic heterocycles. The Bertz CT molecular complexity index is 2500. The Morgan fingerprint density at radius 1 is 0.362 bits per heavy atom. The van der Waals surface area contributed by atoms with Crippen molar-refractivity contribution in [3.63, 3.8) is 0 Å². The monoisotopic (exact) mass is 600 g/mol. The Hall–Kier alpha value is -6.39. The summed E-state index contributed by atoms with van der Waals surface area (Å²) < 4.78 is 2.13. The second kappa shape index (κ2) is 11.2.